The van der Waals surface area contributed by atoms with Crippen LogP contribution in [0.2, 0.25) is 0 Å². The molecule has 0 bridgehead atoms. The van der Waals surface area contributed by atoms with Gasteiger partial charge in [-0.05, 0) is 49.1 Å². The second-order valence-electron chi connectivity index (χ2n) is 8.95. The van der Waals surface area contributed by atoms with Gasteiger partial charge in [0.25, 0.3) is 11.6 Å². The first-order chi connectivity index (χ1) is 14.2. The van der Waals surface area contributed by atoms with Crippen LogP contribution in [0.5, 0.6) is 0 Å². The number of nitro groups is 1. The Morgan fingerprint density at radius 3 is 2.33 bits per heavy atom. The van der Waals surface area contributed by atoms with Crippen molar-refractivity contribution in [1.29, 1.82) is 0 Å². The normalized spacial score (nSPS) is 22.6. The van der Waals surface area contributed by atoms with Crippen LogP contribution in [0.1, 0.15) is 50.4 Å². The fourth-order valence-corrected chi connectivity index (χ4v) is 4.48. The predicted molar refractivity (Wildman–Crippen MR) is 114 cm³/mol. The van der Waals surface area contributed by atoms with Crippen LogP contribution < -0.4 is 4.90 Å². The van der Waals surface area contributed by atoms with Crippen LogP contribution in [0.3, 0.4) is 0 Å². The molecule has 0 spiro atoms. The van der Waals surface area contributed by atoms with Crippen LogP contribution in [0.4, 0.5) is 11.4 Å². The maximum Gasteiger partial charge on any atom is 0.338 e. The first-order valence-corrected chi connectivity index (χ1v) is 10.7. The van der Waals surface area contributed by atoms with Gasteiger partial charge in [0, 0.05) is 32.2 Å². The molecular formula is C22H31N3O5. The van der Waals surface area contributed by atoms with E-state index in [0.29, 0.717) is 36.5 Å². The molecule has 2 saturated heterocycles. The minimum atomic E-state index is -0.719. The van der Waals surface area contributed by atoms with E-state index in [1.165, 1.54) is 12.1 Å². The van der Waals surface area contributed by atoms with Crippen LogP contribution in [0, 0.1) is 27.9 Å². The van der Waals surface area contributed by atoms with Crippen molar-refractivity contribution in [1.82, 2.24) is 4.90 Å². The summed E-state index contributed by atoms with van der Waals surface area (Å²) in [5.74, 6) is 0.499. The number of benzene rings is 1. The maximum atomic E-state index is 12.4. The van der Waals surface area contributed by atoms with Crippen LogP contribution in [0.15, 0.2) is 18.2 Å². The van der Waals surface area contributed by atoms with Crippen LogP contribution in [0.25, 0.3) is 0 Å². The van der Waals surface area contributed by atoms with E-state index < -0.39 is 10.9 Å². The van der Waals surface area contributed by atoms with Gasteiger partial charge < -0.3 is 14.5 Å². The number of likely N-dealkylation sites (tertiary alicyclic amines) is 1. The Morgan fingerprint density at radius 1 is 1.10 bits per heavy atom. The average Bonchev–Trinajstić information content (AvgIpc) is 2.71. The van der Waals surface area contributed by atoms with Crippen LogP contribution in [-0.4, -0.2) is 54.5 Å². The molecule has 0 radical (unpaired) electrons. The van der Waals surface area contributed by atoms with E-state index in [-0.39, 0.29) is 23.8 Å². The number of anilines is 1. The fraction of sp³-hybridized carbons (Fsp3) is 0.636. The molecule has 2 atom stereocenters. The first kappa shape index (κ1) is 22.1. The van der Waals surface area contributed by atoms with E-state index in [1.807, 2.05) is 4.90 Å². The number of hydrogen-bond acceptors (Lipinski definition) is 6. The molecule has 2 fully saturated rings. The monoisotopic (exact) mass is 417 g/mol. The molecule has 2 unspecified atom stereocenters. The maximum absolute atomic E-state index is 12.4. The summed E-state index contributed by atoms with van der Waals surface area (Å²) in [6, 6.07) is 4.41. The number of ether oxygens (including phenoxy) is 1. The molecule has 1 aromatic rings. The van der Waals surface area contributed by atoms with E-state index >= 15 is 0 Å². The number of nitrogens with zero attached hydrogens (tertiary/aromatic N) is 3. The largest absolute Gasteiger partial charge is 0.452 e. The molecule has 8 nitrogen and oxygen atoms in total. The third kappa shape index (κ3) is 5.29. The van der Waals surface area contributed by atoms with E-state index in [4.69, 9.17) is 4.74 Å². The number of nitro benzene ring substituents is 1. The lowest BCUT2D eigenvalue weighted by Crippen LogP contribution is -2.44. The predicted octanol–water partition coefficient (Wildman–Crippen LogP) is 3.49. The van der Waals surface area contributed by atoms with Crippen molar-refractivity contribution < 1.29 is 19.2 Å². The number of amides is 1. The number of carbonyl (C=O) groups excluding carboxylic acids is 2. The average molecular weight is 418 g/mol. The van der Waals surface area contributed by atoms with Gasteiger partial charge in [-0.2, -0.15) is 0 Å². The minimum absolute atomic E-state index is 0.0870. The summed E-state index contributed by atoms with van der Waals surface area (Å²) >= 11 is 0. The molecule has 0 aromatic heterocycles. The fourth-order valence-electron chi connectivity index (χ4n) is 4.48. The van der Waals surface area contributed by atoms with Gasteiger partial charge in [0.1, 0.15) is 5.69 Å². The molecule has 0 saturated carbocycles. The third-order valence-corrected chi connectivity index (χ3v) is 6.08. The molecule has 1 amide bonds. The Morgan fingerprint density at radius 2 is 1.73 bits per heavy atom. The Hall–Kier alpha value is -2.64. The highest BCUT2D eigenvalue weighted by Gasteiger charge is 2.27. The van der Waals surface area contributed by atoms with Gasteiger partial charge in [0.05, 0.1) is 10.5 Å². The van der Waals surface area contributed by atoms with E-state index in [2.05, 4.69) is 20.8 Å². The highest BCUT2D eigenvalue weighted by Crippen LogP contribution is 2.32. The summed E-state index contributed by atoms with van der Waals surface area (Å²) in [5.41, 5.74) is 0.504. The lowest BCUT2D eigenvalue weighted by atomic mass is 9.92. The van der Waals surface area contributed by atoms with Gasteiger partial charge in [0.2, 0.25) is 0 Å². The molecule has 1 aromatic carbocycles. The van der Waals surface area contributed by atoms with Crippen molar-refractivity contribution in [2.24, 2.45) is 17.8 Å². The SMILES string of the molecule is CC1CCN(c2ccc(C(=O)OCC(=O)N3CC(C)CC(C)C3)cc2[N+](=O)[O-])CC1. The van der Waals surface area contributed by atoms with E-state index in [9.17, 15) is 19.7 Å². The number of esters is 1. The second-order valence-corrected chi connectivity index (χ2v) is 8.95. The summed E-state index contributed by atoms with van der Waals surface area (Å²) in [7, 11) is 0. The van der Waals surface area contributed by atoms with Crippen molar-refractivity contribution in [2.75, 3.05) is 37.7 Å². The van der Waals surface area contributed by atoms with Gasteiger partial charge in [-0.1, -0.05) is 20.8 Å². The Bertz CT molecular complexity index is 794. The first-order valence-electron chi connectivity index (χ1n) is 10.7. The number of rotatable bonds is 5. The van der Waals surface area contributed by atoms with E-state index in [0.717, 1.165) is 32.4 Å². The zero-order valence-corrected chi connectivity index (χ0v) is 18.0. The topological polar surface area (TPSA) is 93.0 Å². The van der Waals surface area contributed by atoms with Crippen LogP contribution in [-0.2, 0) is 9.53 Å². The highest BCUT2D eigenvalue weighted by atomic mass is 16.6. The van der Waals surface area contributed by atoms with Crippen molar-refractivity contribution in [3.63, 3.8) is 0 Å². The van der Waals surface area contributed by atoms with Gasteiger partial charge >= 0.3 is 5.97 Å². The molecular weight excluding hydrogens is 386 g/mol. The number of piperidine rings is 2. The second kappa shape index (κ2) is 9.45. The van der Waals surface area contributed by atoms with Gasteiger partial charge in [0.15, 0.2) is 6.61 Å². The molecule has 30 heavy (non-hydrogen) atoms. The Kier molecular flexibility index (Phi) is 6.95. The molecule has 164 valence electrons. The quantitative estimate of drug-likeness (QED) is 0.414. The third-order valence-electron chi connectivity index (χ3n) is 6.08. The molecule has 2 aliphatic rings. The Balaban J connectivity index is 1.65. The highest BCUT2D eigenvalue weighted by molar-refractivity contribution is 5.93. The lowest BCUT2D eigenvalue weighted by Gasteiger charge is -2.34. The standard InChI is InChI=1S/C22H31N3O5/c1-15-6-8-23(9-7-15)19-5-4-18(11-20(19)25(28)29)22(27)30-14-21(26)24-12-16(2)10-17(3)13-24/h4-5,11,15-17H,6-10,12-14H2,1-3H3. The lowest BCUT2D eigenvalue weighted by molar-refractivity contribution is -0.384. The van der Waals surface area contributed by atoms with E-state index in [1.54, 1.807) is 11.0 Å². The zero-order chi connectivity index (χ0) is 21.8. The van der Waals surface area contributed by atoms with Crippen molar-refractivity contribution >= 4 is 23.3 Å². The summed E-state index contributed by atoms with van der Waals surface area (Å²) in [6.45, 7) is 8.87. The van der Waals surface area contributed by atoms with Crippen molar-refractivity contribution in [3.8, 4) is 0 Å². The number of hydrogen-bond donors (Lipinski definition) is 0. The molecule has 3 rings (SSSR count). The minimum Gasteiger partial charge on any atom is -0.452 e. The molecule has 0 aliphatic carbocycles. The van der Waals surface area contributed by atoms with Crippen molar-refractivity contribution in [2.45, 2.75) is 40.0 Å². The molecule has 0 N–H and O–H groups in total. The Labute approximate surface area is 177 Å². The molecule has 2 heterocycles. The summed E-state index contributed by atoms with van der Waals surface area (Å²) < 4.78 is 5.18. The summed E-state index contributed by atoms with van der Waals surface area (Å²) in [6.07, 6.45) is 3.04. The smallest absolute Gasteiger partial charge is 0.338 e. The molecule has 8 heteroatoms. The number of carbonyl (C=O) groups is 2. The zero-order valence-electron chi connectivity index (χ0n) is 18.0. The van der Waals surface area contributed by atoms with Crippen molar-refractivity contribution in [3.05, 3.63) is 33.9 Å². The van der Waals surface area contributed by atoms with Crippen LogP contribution >= 0.6 is 0 Å². The molecule has 2 aliphatic heterocycles. The van der Waals surface area contributed by atoms with Gasteiger partial charge in [-0.25, -0.2) is 4.79 Å². The summed E-state index contributed by atoms with van der Waals surface area (Å²) in [4.78, 5) is 39.7. The van der Waals surface area contributed by atoms with Gasteiger partial charge in [-0.15, -0.1) is 0 Å². The summed E-state index contributed by atoms with van der Waals surface area (Å²) in [5, 5.41) is 11.6. The van der Waals surface area contributed by atoms with Gasteiger partial charge in [-0.3, -0.25) is 14.9 Å².